The first-order chi connectivity index (χ1) is 10.3. The fourth-order valence-corrected chi connectivity index (χ4v) is 3.92. The molecule has 0 unspecified atom stereocenters. The van der Waals surface area contributed by atoms with Crippen molar-refractivity contribution in [3.05, 3.63) is 35.4 Å². The predicted octanol–water partition coefficient (Wildman–Crippen LogP) is 3.39. The first kappa shape index (κ1) is 15.3. The average molecular weight is 313 g/mol. The Morgan fingerprint density at radius 3 is 2.55 bits per heavy atom. The number of benzene rings is 1. The summed E-state index contributed by atoms with van der Waals surface area (Å²) in [6.45, 7) is 1.71. The van der Waals surface area contributed by atoms with E-state index in [-0.39, 0.29) is 5.92 Å². The molecule has 3 nitrogen and oxygen atoms in total. The third-order valence-corrected chi connectivity index (χ3v) is 5.05. The molecule has 120 valence electrons. The van der Waals surface area contributed by atoms with Crippen molar-refractivity contribution in [1.82, 2.24) is 4.90 Å². The number of alkyl halides is 3. The minimum Gasteiger partial charge on any atom is -0.481 e. The van der Waals surface area contributed by atoms with E-state index in [1.165, 1.54) is 12.1 Å². The Hall–Kier alpha value is -1.56. The summed E-state index contributed by atoms with van der Waals surface area (Å²) in [4.78, 5) is 13.7. The number of carboxylic acids is 1. The number of fused-ring (bicyclic) bond motifs is 1. The van der Waals surface area contributed by atoms with E-state index in [0.717, 1.165) is 30.5 Å². The molecule has 1 N–H and O–H groups in total. The summed E-state index contributed by atoms with van der Waals surface area (Å²) in [6, 6.07) is 5.12. The van der Waals surface area contributed by atoms with Gasteiger partial charge in [-0.05, 0) is 36.5 Å². The molecular formula is C16H18F3NO2. The number of aliphatic carboxylic acids is 1. The molecular weight excluding hydrogens is 295 g/mol. The highest BCUT2D eigenvalue weighted by Gasteiger charge is 2.54. The first-order valence-corrected chi connectivity index (χ1v) is 7.43. The second kappa shape index (κ2) is 5.26. The van der Waals surface area contributed by atoms with Gasteiger partial charge in [-0.3, -0.25) is 9.69 Å². The highest BCUT2D eigenvalue weighted by Crippen LogP contribution is 2.49. The zero-order valence-electron chi connectivity index (χ0n) is 12.1. The van der Waals surface area contributed by atoms with Gasteiger partial charge in [-0.25, -0.2) is 0 Å². The molecule has 3 rings (SSSR count). The van der Waals surface area contributed by atoms with E-state index in [2.05, 4.69) is 4.90 Å². The highest BCUT2D eigenvalue weighted by molar-refractivity contribution is 5.76. The third kappa shape index (κ3) is 2.60. The van der Waals surface area contributed by atoms with Crippen molar-refractivity contribution in [2.45, 2.75) is 32.0 Å². The van der Waals surface area contributed by atoms with Crippen LogP contribution in [-0.4, -0.2) is 29.1 Å². The van der Waals surface area contributed by atoms with Gasteiger partial charge in [0.15, 0.2) is 0 Å². The lowest BCUT2D eigenvalue weighted by Gasteiger charge is -2.23. The maximum absolute atomic E-state index is 12.5. The van der Waals surface area contributed by atoms with Gasteiger partial charge in [-0.15, -0.1) is 0 Å². The number of halogens is 3. The number of likely N-dealkylation sites (tertiary alicyclic amines) is 1. The molecule has 6 heteroatoms. The quantitative estimate of drug-likeness (QED) is 0.930. The van der Waals surface area contributed by atoms with Crippen molar-refractivity contribution >= 4 is 5.97 Å². The Morgan fingerprint density at radius 1 is 1.32 bits per heavy atom. The summed E-state index contributed by atoms with van der Waals surface area (Å²) in [6.07, 6.45) is -1.74. The summed E-state index contributed by atoms with van der Waals surface area (Å²) in [7, 11) is 0. The maximum Gasteiger partial charge on any atom is 0.416 e. The van der Waals surface area contributed by atoms with Gasteiger partial charge in [0.05, 0.1) is 11.0 Å². The molecule has 0 radical (unpaired) electrons. The van der Waals surface area contributed by atoms with E-state index in [9.17, 15) is 23.1 Å². The minimum atomic E-state index is -4.32. The second-order valence-corrected chi connectivity index (χ2v) is 6.41. The van der Waals surface area contributed by atoms with Crippen LogP contribution in [0.4, 0.5) is 13.2 Å². The first-order valence-electron chi connectivity index (χ1n) is 7.43. The summed E-state index contributed by atoms with van der Waals surface area (Å²) in [5, 5.41) is 9.53. The molecule has 1 aliphatic carbocycles. The summed E-state index contributed by atoms with van der Waals surface area (Å²) >= 11 is 0. The van der Waals surface area contributed by atoms with Crippen LogP contribution >= 0.6 is 0 Å². The molecule has 0 amide bonds. The van der Waals surface area contributed by atoms with Crippen LogP contribution in [0.2, 0.25) is 0 Å². The molecule has 0 bridgehead atoms. The zero-order chi connectivity index (χ0) is 16.0. The molecule has 2 fully saturated rings. The number of rotatable bonds is 3. The van der Waals surface area contributed by atoms with Gasteiger partial charge in [0.1, 0.15) is 0 Å². The molecule has 1 heterocycles. The summed E-state index contributed by atoms with van der Waals surface area (Å²) < 4.78 is 37.6. The van der Waals surface area contributed by atoms with Crippen molar-refractivity contribution in [2.24, 2.45) is 11.3 Å². The Bertz CT molecular complexity index is 570. The molecule has 0 aromatic heterocycles. The Labute approximate surface area is 126 Å². The van der Waals surface area contributed by atoms with E-state index in [1.54, 1.807) is 0 Å². The van der Waals surface area contributed by atoms with Gasteiger partial charge in [-0.2, -0.15) is 13.2 Å². The number of nitrogens with zero attached hydrogens (tertiary/aromatic N) is 1. The topological polar surface area (TPSA) is 40.5 Å². The minimum absolute atomic E-state index is 0.166. The van der Waals surface area contributed by atoms with Crippen molar-refractivity contribution in [3.8, 4) is 0 Å². The third-order valence-electron chi connectivity index (χ3n) is 5.05. The second-order valence-electron chi connectivity index (χ2n) is 6.41. The SMILES string of the molecule is O=C(O)[C@@]12CCC[C@H]1CN(Cc1ccc(C(F)(F)F)cc1)C2. The van der Waals surface area contributed by atoms with E-state index >= 15 is 0 Å². The van der Waals surface area contributed by atoms with Gasteiger partial charge < -0.3 is 5.11 Å². The normalized spacial score (nSPS) is 28.8. The summed E-state index contributed by atoms with van der Waals surface area (Å²) in [5.74, 6) is -0.565. The molecule has 1 saturated heterocycles. The Balaban J connectivity index is 1.69. The molecule has 22 heavy (non-hydrogen) atoms. The lowest BCUT2D eigenvalue weighted by Crippen LogP contribution is -2.35. The van der Waals surface area contributed by atoms with Crippen LogP contribution in [0, 0.1) is 11.3 Å². The van der Waals surface area contributed by atoms with Crippen LogP contribution < -0.4 is 0 Å². The molecule has 2 aliphatic rings. The van der Waals surface area contributed by atoms with Crippen LogP contribution in [0.5, 0.6) is 0 Å². The molecule has 1 saturated carbocycles. The zero-order valence-corrected chi connectivity index (χ0v) is 12.1. The van der Waals surface area contributed by atoms with E-state index in [4.69, 9.17) is 0 Å². The number of hydrogen-bond donors (Lipinski definition) is 1. The Morgan fingerprint density at radius 2 is 2.00 bits per heavy atom. The monoisotopic (exact) mass is 313 g/mol. The molecule has 1 aromatic rings. The van der Waals surface area contributed by atoms with Gasteiger partial charge in [0.2, 0.25) is 0 Å². The van der Waals surface area contributed by atoms with Crippen molar-refractivity contribution in [1.29, 1.82) is 0 Å². The number of hydrogen-bond acceptors (Lipinski definition) is 2. The standard InChI is InChI=1S/C16H18F3NO2/c17-16(18,19)12-5-3-11(4-6-12)8-20-9-13-2-1-7-15(13,10-20)14(21)22/h3-6,13H,1-2,7-10H2,(H,21,22)/t13-,15+/m0/s1. The Kier molecular flexibility index (Phi) is 3.67. The van der Waals surface area contributed by atoms with Crippen molar-refractivity contribution < 1.29 is 23.1 Å². The van der Waals surface area contributed by atoms with E-state index in [0.29, 0.717) is 26.1 Å². The van der Waals surface area contributed by atoms with E-state index in [1.807, 2.05) is 0 Å². The van der Waals surface area contributed by atoms with E-state index < -0.39 is 23.1 Å². The highest BCUT2D eigenvalue weighted by atomic mass is 19.4. The molecule has 0 spiro atoms. The van der Waals surface area contributed by atoms with Crippen LogP contribution in [0.25, 0.3) is 0 Å². The maximum atomic E-state index is 12.5. The van der Waals surface area contributed by atoms with Gasteiger partial charge >= 0.3 is 12.1 Å². The molecule has 1 aromatic carbocycles. The predicted molar refractivity (Wildman–Crippen MR) is 74.1 cm³/mol. The lowest BCUT2D eigenvalue weighted by molar-refractivity contribution is -0.149. The number of carboxylic acid groups (broad SMARTS) is 1. The number of carbonyl (C=O) groups is 1. The smallest absolute Gasteiger partial charge is 0.416 e. The van der Waals surface area contributed by atoms with Crippen LogP contribution in [-0.2, 0) is 17.5 Å². The van der Waals surface area contributed by atoms with Crippen LogP contribution in [0.15, 0.2) is 24.3 Å². The van der Waals surface area contributed by atoms with Gasteiger partial charge in [0, 0.05) is 19.6 Å². The van der Waals surface area contributed by atoms with Crippen molar-refractivity contribution in [3.63, 3.8) is 0 Å². The molecule has 1 aliphatic heterocycles. The lowest BCUT2D eigenvalue weighted by atomic mass is 9.81. The largest absolute Gasteiger partial charge is 0.481 e. The van der Waals surface area contributed by atoms with Crippen LogP contribution in [0.1, 0.15) is 30.4 Å². The van der Waals surface area contributed by atoms with Gasteiger partial charge in [0.25, 0.3) is 0 Å². The van der Waals surface area contributed by atoms with Crippen LogP contribution in [0.3, 0.4) is 0 Å². The van der Waals surface area contributed by atoms with Crippen molar-refractivity contribution in [2.75, 3.05) is 13.1 Å². The van der Waals surface area contributed by atoms with Gasteiger partial charge in [-0.1, -0.05) is 18.6 Å². The fraction of sp³-hybridized carbons (Fsp3) is 0.562. The molecule has 2 atom stereocenters. The summed E-state index contributed by atoms with van der Waals surface area (Å²) in [5.41, 5.74) is -0.517. The average Bonchev–Trinajstić information content (AvgIpc) is 2.95. The fourth-order valence-electron chi connectivity index (χ4n) is 3.92.